The number of hydrogen-bond donors (Lipinski definition) is 1. The van der Waals surface area contributed by atoms with E-state index in [0.717, 1.165) is 22.4 Å². The Bertz CT molecular complexity index is 741. The summed E-state index contributed by atoms with van der Waals surface area (Å²) in [4.78, 5) is 11.1. The van der Waals surface area contributed by atoms with E-state index in [1.54, 1.807) is 6.92 Å². The van der Waals surface area contributed by atoms with Crippen LogP contribution in [0.15, 0.2) is 73.0 Å². The largest absolute Gasteiger partial charge is 0.391 e. The highest BCUT2D eigenvalue weighted by Gasteiger charge is 2.03. The first-order chi connectivity index (χ1) is 13.8. The maximum atomic E-state index is 11.1. The summed E-state index contributed by atoms with van der Waals surface area (Å²) in [5.41, 5.74) is 6.52. The van der Waals surface area contributed by atoms with Crippen molar-refractivity contribution in [1.29, 1.82) is 0 Å². The zero-order chi connectivity index (χ0) is 23.0. The fourth-order valence-corrected chi connectivity index (χ4v) is 2.24. The average molecular weight is 396 g/mol. The number of hydrogen-bond acceptors (Lipinski definition) is 2. The van der Waals surface area contributed by atoms with E-state index in [1.165, 1.54) is 11.1 Å². The molecule has 0 heterocycles. The van der Waals surface area contributed by atoms with Gasteiger partial charge in [-0.2, -0.15) is 0 Å². The molecule has 2 heteroatoms. The minimum atomic E-state index is 0.107. The number of benzene rings is 2. The van der Waals surface area contributed by atoms with Crippen LogP contribution in [-0.4, -0.2) is 12.8 Å². The van der Waals surface area contributed by atoms with Gasteiger partial charge < -0.3 is 5.32 Å². The first kappa shape index (κ1) is 28.6. The molecule has 29 heavy (non-hydrogen) atoms. The number of allylic oxidation sites excluding steroid dienone is 1. The van der Waals surface area contributed by atoms with E-state index >= 15 is 0 Å². The molecule has 0 aliphatic rings. The van der Waals surface area contributed by atoms with Gasteiger partial charge >= 0.3 is 0 Å². The van der Waals surface area contributed by atoms with Crippen molar-refractivity contribution in [2.45, 2.75) is 55.4 Å². The lowest BCUT2D eigenvalue weighted by atomic mass is 10.0. The van der Waals surface area contributed by atoms with Gasteiger partial charge in [0.2, 0.25) is 0 Å². The number of carbonyl (C=O) groups is 1. The monoisotopic (exact) mass is 395 g/mol. The van der Waals surface area contributed by atoms with Gasteiger partial charge in [0.05, 0.1) is 0 Å². The maximum Gasteiger partial charge on any atom is 0.159 e. The van der Waals surface area contributed by atoms with Crippen LogP contribution in [0.3, 0.4) is 0 Å². The van der Waals surface area contributed by atoms with Crippen LogP contribution in [0, 0.1) is 12.8 Å². The topological polar surface area (TPSA) is 29.1 Å². The quantitative estimate of drug-likeness (QED) is 0.412. The van der Waals surface area contributed by atoms with Crippen LogP contribution in [0.1, 0.15) is 64.4 Å². The molecule has 2 aromatic rings. The molecule has 2 aromatic carbocycles. The normalized spacial score (nSPS) is 9.83. The zero-order valence-electron chi connectivity index (χ0n) is 20.0. The third-order valence-electron chi connectivity index (χ3n) is 4.23. The van der Waals surface area contributed by atoms with Crippen molar-refractivity contribution in [2.24, 2.45) is 5.92 Å². The van der Waals surface area contributed by atoms with Gasteiger partial charge in [-0.05, 0) is 31.9 Å². The average Bonchev–Trinajstić information content (AvgIpc) is 2.76. The molecule has 0 saturated carbocycles. The smallest absolute Gasteiger partial charge is 0.159 e. The van der Waals surface area contributed by atoms with E-state index in [-0.39, 0.29) is 5.78 Å². The summed E-state index contributed by atoms with van der Waals surface area (Å²) in [5.74, 6) is 0.491. The molecule has 0 aromatic heterocycles. The Hall–Kier alpha value is -2.61. The van der Waals surface area contributed by atoms with E-state index < -0.39 is 0 Å². The van der Waals surface area contributed by atoms with Crippen LogP contribution in [-0.2, 0) is 0 Å². The van der Waals surface area contributed by atoms with Gasteiger partial charge in [0, 0.05) is 24.2 Å². The van der Waals surface area contributed by atoms with Gasteiger partial charge in [0.15, 0.2) is 5.78 Å². The van der Waals surface area contributed by atoms with Crippen molar-refractivity contribution < 1.29 is 4.79 Å². The fraction of sp³-hybridized carbons (Fsp3) is 0.370. The standard InChI is InChI=1S/C15H14O.C8H15N.2C2H6/c1-11-4-3-5-15(10-11)14-8-6-13(7-9-14)12(2)16;1-6(2)7(3)8(4)9-5;2*1-2/h3-10H,1-2H3;7,9H,1,4H2,2-3,5H3;2*1-2H3. The molecule has 0 fully saturated rings. The van der Waals surface area contributed by atoms with E-state index in [0.29, 0.717) is 5.92 Å². The molecule has 2 rings (SSSR count). The number of Topliss-reactive ketones (excluding diaryl/α,β-unsaturated/α-hetero) is 1. The number of ketones is 1. The lowest BCUT2D eigenvalue weighted by Crippen LogP contribution is -2.12. The van der Waals surface area contributed by atoms with Gasteiger partial charge in [-0.1, -0.05) is 107 Å². The number of rotatable bonds is 5. The second-order valence-electron chi connectivity index (χ2n) is 6.35. The molecule has 160 valence electrons. The molecule has 0 radical (unpaired) electrons. The van der Waals surface area contributed by atoms with Crippen LogP contribution < -0.4 is 5.32 Å². The summed E-state index contributed by atoms with van der Waals surface area (Å²) in [7, 11) is 1.88. The molecule has 2 nitrogen and oxygen atoms in total. The Morgan fingerprint density at radius 2 is 1.41 bits per heavy atom. The second-order valence-corrected chi connectivity index (χ2v) is 6.35. The Labute approximate surface area is 179 Å². The first-order valence-corrected chi connectivity index (χ1v) is 10.5. The number of aryl methyl sites for hydroxylation is 1. The van der Waals surface area contributed by atoms with Crippen molar-refractivity contribution in [2.75, 3.05) is 7.05 Å². The Morgan fingerprint density at radius 1 is 0.897 bits per heavy atom. The van der Waals surface area contributed by atoms with E-state index in [1.807, 2.05) is 72.0 Å². The molecular formula is C27H41NO. The maximum absolute atomic E-state index is 11.1. The van der Waals surface area contributed by atoms with E-state index in [4.69, 9.17) is 0 Å². The molecule has 0 spiro atoms. The Balaban J connectivity index is 0. The van der Waals surface area contributed by atoms with Gasteiger partial charge in [0.25, 0.3) is 0 Å². The SMILES string of the molecule is C=C(C)C(C)C(=C)NC.CC.CC.CC(=O)c1ccc(-c2cccc(C)c2)cc1. The summed E-state index contributed by atoms with van der Waals surface area (Å²) >= 11 is 0. The molecule has 0 aliphatic carbocycles. The van der Waals surface area contributed by atoms with Crippen LogP contribution in [0.5, 0.6) is 0 Å². The highest BCUT2D eigenvalue weighted by Crippen LogP contribution is 2.20. The predicted octanol–water partition coefficient (Wildman–Crippen LogP) is 7.85. The van der Waals surface area contributed by atoms with Crippen molar-refractivity contribution in [3.05, 3.63) is 84.1 Å². The Morgan fingerprint density at radius 3 is 1.76 bits per heavy atom. The third kappa shape index (κ3) is 11.1. The van der Waals surface area contributed by atoms with E-state index in [9.17, 15) is 4.79 Å². The van der Waals surface area contributed by atoms with Gasteiger partial charge in [-0.25, -0.2) is 0 Å². The third-order valence-corrected chi connectivity index (χ3v) is 4.23. The van der Waals surface area contributed by atoms with Crippen molar-refractivity contribution >= 4 is 5.78 Å². The molecule has 0 amide bonds. The number of carbonyl (C=O) groups excluding carboxylic acids is 1. The van der Waals surface area contributed by atoms with Crippen LogP contribution in [0.2, 0.25) is 0 Å². The van der Waals surface area contributed by atoms with Gasteiger partial charge in [-0.15, -0.1) is 0 Å². The van der Waals surface area contributed by atoms with Crippen LogP contribution in [0.4, 0.5) is 0 Å². The molecule has 1 N–H and O–H groups in total. The molecule has 0 aliphatic heterocycles. The van der Waals surface area contributed by atoms with Crippen molar-refractivity contribution in [3.8, 4) is 11.1 Å². The highest BCUT2D eigenvalue weighted by molar-refractivity contribution is 5.94. The summed E-state index contributed by atoms with van der Waals surface area (Å²) in [6.45, 7) is 23.4. The molecule has 0 bridgehead atoms. The summed E-state index contributed by atoms with van der Waals surface area (Å²) in [6, 6.07) is 16.1. The number of nitrogens with one attached hydrogen (secondary N) is 1. The van der Waals surface area contributed by atoms with Gasteiger partial charge in [-0.3, -0.25) is 4.79 Å². The van der Waals surface area contributed by atoms with Crippen molar-refractivity contribution in [1.82, 2.24) is 5.32 Å². The summed E-state index contributed by atoms with van der Waals surface area (Å²) in [6.07, 6.45) is 0. The first-order valence-electron chi connectivity index (χ1n) is 10.5. The lowest BCUT2D eigenvalue weighted by Gasteiger charge is -2.13. The van der Waals surface area contributed by atoms with E-state index in [2.05, 4.69) is 50.5 Å². The predicted molar refractivity (Wildman–Crippen MR) is 131 cm³/mol. The minimum absolute atomic E-state index is 0.107. The fourth-order valence-electron chi connectivity index (χ4n) is 2.24. The van der Waals surface area contributed by atoms with Gasteiger partial charge in [0.1, 0.15) is 0 Å². The van der Waals surface area contributed by atoms with Crippen LogP contribution in [0.25, 0.3) is 11.1 Å². The zero-order valence-corrected chi connectivity index (χ0v) is 20.0. The Kier molecular flexibility index (Phi) is 16.1. The second kappa shape index (κ2) is 16.4. The summed E-state index contributed by atoms with van der Waals surface area (Å²) in [5, 5.41) is 2.99. The van der Waals surface area contributed by atoms with Crippen LogP contribution >= 0.6 is 0 Å². The lowest BCUT2D eigenvalue weighted by molar-refractivity contribution is 0.101. The molecule has 0 saturated heterocycles. The highest BCUT2D eigenvalue weighted by atomic mass is 16.1. The van der Waals surface area contributed by atoms with Crippen molar-refractivity contribution in [3.63, 3.8) is 0 Å². The summed E-state index contributed by atoms with van der Waals surface area (Å²) < 4.78 is 0. The molecule has 1 unspecified atom stereocenters. The minimum Gasteiger partial charge on any atom is -0.391 e. The molecule has 1 atom stereocenters. The molecular weight excluding hydrogens is 354 g/mol.